The Balaban J connectivity index is 2.14. The van der Waals surface area contributed by atoms with E-state index in [1.165, 1.54) is 12.3 Å². The Morgan fingerprint density at radius 1 is 1.65 bits per heavy atom. The quantitative estimate of drug-likeness (QED) is 0.573. The summed E-state index contributed by atoms with van der Waals surface area (Å²) in [5.41, 5.74) is 5.55. The molecule has 7 nitrogen and oxygen atoms in total. The maximum Gasteiger partial charge on any atom is 0.287 e. The number of hydrogen-bond acceptors (Lipinski definition) is 4. The maximum absolute atomic E-state index is 12.2. The van der Waals surface area contributed by atoms with E-state index in [0.717, 1.165) is 25.7 Å². The number of hydrogen-bond donors (Lipinski definition) is 3. The van der Waals surface area contributed by atoms with Crippen LogP contribution in [-0.2, 0) is 0 Å². The Bertz CT molecular complexity index is 513. The summed E-state index contributed by atoms with van der Waals surface area (Å²) in [6, 6.07) is 1.24. The second-order valence-corrected chi connectivity index (χ2v) is 5.49. The van der Waals surface area contributed by atoms with Gasteiger partial charge >= 0.3 is 0 Å². The number of nitrogens with one attached hydrogen (secondary N) is 2. The van der Waals surface area contributed by atoms with Crippen molar-refractivity contribution in [2.45, 2.75) is 38.1 Å². The first-order valence-corrected chi connectivity index (χ1v) is 6.84. The summed E-state index contributed by atoms with van der Waals surface area (Å²) < 4.78 is 0. The Hall–Kier alpha value is -1.89. The van der Waals surface area contributed by atoms with Gasteiger partial charge < -0.3 is 16.0 Å². The smallest absolute Gasteiger partial charge is 0.287 e. The summed E-state index contributed by atoms with van der Waals surface area (Å²) in [7, 11) is 0. The van der Waals surface area contributed by atoms with Crippen LogP contribution < -0.4 is 11.1 Å². The number of aromatic nitrogens is 1. The molecule has 20 heavy (non-hydrogen) atoms. The number of H-pyrrole nitrogens is 1. The predicted molar refractivity (Wildman–Crippen MR) is 74.3 cm³/mol. The van der Waals surface area contributed by atoms with Crippen molar-refractivity contribution >= 4 is 11.6 Å². The summed E-state index contributed by atoms with van der Waals surface area (Å²) in [5.74, 6) is -0.0348. The molecule has 1 aromatic rings. The third-order valence-electron chi connectivity index (χ3n) is 4.30. The van der Waals surface area contributed by atoms with E-state index in [9.17, 15) is 14.9 Å². The molecule has 1 fully saturated rings. The molecule has 1 aliphatic carbocycles. The Kier molecular flexibility index (Phi) is 4.08. The average Bonchev–Trinajstić information content (AvgIpc) is 2.91. The molecule has 0 aromatic carbocycles. The van der Waals surface area contributed by atoms with Crippen molar-refractivity contribution in [3.8, 4) is 0 Å². The van der Waals surface area contributed by atoms with Crippen LogP contribution in [0.25, 0.3) is 0 Å². The molecule has 110 valence electrons. The van der Waals surface area contributed by atoms with Crippen LogP contribution in [0.1, 0.15) is 43.1 Å². The molecule has 1 saturated carbocycles. The number of aromatic amines is 1. The fourth-order valence-corrected chi connectivity index (χ4v) is 2.87. The number of nitro groups is 1. The van der Waals surface area contributed by atoms with Crippen LogP contribution in [0.15, 0.2) is 12.3 Å². The third-order valence-corrected chi connectivity index (χ3v) is 4.30. The SMILES string of the molecule is CC1CCCCC1(CN)NC(=O)c1cc([N+](=O)[O-])c[nH]1. The van der Waals surface area contributed by atoms with Crippen LogP contribution in [-0.4, -0.2) is 27.9 Å². The zero-order valence-electron chi connectivity index (χ0n) is 11.5. The average molecular weight is 280 g/mol. The molecule has 0 radical (unpaired) electrons. The van der Waals surface area contributed by atoms with E-state index < -0.39 is 10.5 Å². The number of carbonyl (C=O) groups is 1. The van der Waals surface area contributed by atoms with Crippen molar-refractivity contribution < 1.29 is 9.72 Å². The minimum absolute atomic E-state index is 0.117. The normalized spacial score (nSPS) is 26.2. The van der Waals surface area contributed by atoms with Crippen LogP contribution in [0, 0.1) is 16.0 Å². The first kappa shape index (κ1) is 14.5. The highest BCUT2D eigenvalue weighted by atomic mass is 16.6. The van der Waals surface area contributed by atoms with Gasteiger partial charge in [-0.3, -0.25) is 14.9 Å². The van der Waals surface area contributed by atoms with Gasteiger partial charge in [0.15, 0.2) is 0 Å². The summed E-state index contributed by atoms with van der Waals surface area (Å²) in [6.45, 7) is 2.46. The molecule has 1 heterocycles. The monoisotopic (exact) mass is 280 g/mol. The largest absolute Gasteiger partial charge is 0.351 e. The lowest BCUT2D eigenvalue weighted by atomic mass is 9.73. The number of amides is 1. The highest BCUT2D eigenvalue weighted by Crippen LogP contribution is 2.33. The number of nitrogens with two attached hydrogens (primary N) is 1. The molecule has 2 atom stereocenters. The van der Waals surface area contributed by atoms with Gasteiger partial charge in [-0.2, -0.15) is 0 Å². The van der Waals surface area contributed by atoms with Crippen molar-refractivity contribution in [2.24, 2.45) is 11.7 Å². The first-order chi connectivity index (χ1) is 9.48. The van der Waals surface area contributed by atoms with E-state index in [1.807, 2.05) is 0 Å². The zero-order valence-corrected chi connectivity index (χ0v) is 11.5. The van der Waals surface area contributed by atoms with Crippen molar-refractivity contribution in [1.29, 1.82) is 0 Å². The fourth-order valence-electron chi connectivity index (χ4n) is 2.87. The molecule has 2 unspecified atom stereocenters. The van der Waals surface area contributed by atoms with Gasteiger partial charge in [0.05, 0.1) is 16.7 Å². The predicted octanol–water partition coefficient (Wildman–Crippen LogP) is 1.56. The fraction of sp³-hybridized carbons (Fsp3) is 0.615. The van der Waals surface area contributed by atoms with Gasteiger partial charge in [-0.05, 0) is 18.8 Å². The highest BCUT2D eigenvalue weighted by Gasteiger charge is 2.38. The molecule has 0 spiro atoms. The van der Waals surface area contributed by atoms with Gasteiger partial charge in [0, 0.05) is 12.6 Å². The number of nitrogens with zero attached hydrogens (tertiary/aromatic N) is 1. The molecule has 0 saturated heterocycles. The molecule has 0 aliphatic heterocycles. The van der Waals surface area contributed by atoms with Crippen LogP contribution in [0.4, 0.5) is 5.69 Å². The van der Waals surface area contributed by atoms with E-state index in [-0.39, 0.29) is 17.3 Å². The van der Waals surface area contributed by atoms with Crippen molar-refractivity contribution in [3.05, 3.63) is 28.1 Å². The van der Waals surface area contributed by atoms with Crippen LogP contribution in [0.2, 0.25) is 0 Å². The topological polar surface area (TPSA) is 114 Å². The molecule has 1 aromatic heterocycles. The summed E-state index contributed by atoms with van der Waals surface area (Å²) in [4.78, 5) is 25.0. The molecular weight excluding hydrogens is 260 g/mol. The minimum atomic E-state index is -0.533. The van der Waals surface area contributed by atoms with Crippen LogP contribution in [0.3, 0.4) is 0 Å². The van der Waals surface area contributed by atoms with Crippen LogP contribution >= 0.6 is 0 Å². The van der Waals surface area contributed by atoms with E-state index in [1.54, 1.807) is 0 Å². The van der Waals surface area contributed by atoms with Gasteiger partial charge in [0.25, 0.3) is 11.6 Å². The lowest BCUT2D eigenvalue weighted by molar-refractivity contribution is -0.384. The molecule has 2 rings (SSSR count). The van der Waals surface area contributed by atoms with Gasteiger partial charge in [-0.15, -0.1) is 0 Å². The number of carbonyl (C=O) groups excluding carboxylic acids is 1. The third kappa shape index (κ3) is 2.67. The number of rotatable bonds is 4. The van der Waals surface area contributed by atoms with Gasteiger partial charge in [-0.25, -0.2) is 0 Å². The lowest BCUT2D eigenvalue weighted by Gasteiger charge is -2.42. The molecule has 7 heteroatoms. The second kappa shape index (κ2) is 5.62. The van der Waals surface area contributed by atoms with E-state index in [2.05, 4.69) is 17.2 Å². The van der Waals surface area contributed by atoms with Gasteiger partial charge in [-0.1, -0.05) is 19.8 Å². The minimum Gasteiger partial charge on any atom is -0.351 e. The molecule has 1 aliphatic rings. The Morgan fingerprint density at radius 2 is 2.40 bits per heavy atom. The maximum atomic E-state index is 12.2. The summed E-state index contributed by atoms with van der Waals surface area (Å²) in [5, 5.41) is 13.6. The molecular formula is C13H20N4O3. The summed E-state index contributed by atoms with van der Waals surface area (Å²) in [6.07, 6.45) is 5.27. The second-order valence-electron chi connectivity index (χ2n) is 5.49. The lowest BCUT2D eigenvalue weighted by Crippen LogP contribution is -2.59. The Morgan fingerprint density at radius 3 is 2.95 bits per heavy atom. The zero-order chi connectivity index (χ0) is 14.8. The van der Waals surface area contributed by atoms with E-state index in [4.69, 9.17) is 5.73 Å². The summed E-state index contributed by atoms with van der Waals surface area (Å²) >= 11 is 0. The first-order valence-electron chi connectivity index (χ1n) is 6.84. The van der Waals surface area contributed by atoms with Crippen LogP contribution in [0.5, 0.6) is 0 Å². The molecule has 4 N–H and O–H groups in total. The van der Waals surface area contributed by atoms with Gasteiger partial charge in [0.2, 0.25) is 0 Å². The van der Waals surface area contributed by atoms with Crippen molar-refractivity contribution in [2.75, 3.05) is 6.54 Å². The van der Waals surface area contributed by atoms with E-state index >= 15 is 0 Å². The Labute approximate surface area is 117 Å². The molecule has 0 bridgehead atoms. The van der Waals surface area contributed by atoms with Gasteiger partial charge in [0.1, 0.15) is 5.69 Å². The highest BCUT2D eigenvalue weighted by molar-refractivity contribution is 5.93. The van der Waals surface area contributed by atoms with Crippen molar-refractivity contribution in [3.63, 3.8) is 0 Å². The standard InChI is InChI=1S/C13H20N4O3/c1-9-4-2-3-5-13(9,8-14)16-12(18)11-6-10(7-15-11)17(19)20/h6-7,9,15H,2-5,8,14H2,1H3,(H,16,18). The molecule has 1 amide bonds. The van der Waals surface area contributed by atoms with E-state index in [0.29, 0.717) is 12.5 Å². The van der Waals surface area contributed by atoms with Crippen molar-refractivity contribution in [1.82, 2.24) is 10.3 Å².